The summed E-state index contributed by atoms with van der Waals surface area (Å²) in [6, 6.07) is 1.99. The van der Waals surface area contributed by atoms with Crippen LogP contribution in [-0.2, 0) is 4.79 Å². The molecule has 1 saturated carbocycles. The molecule has 2 N–H and O–H groups in total. The molecule has 0 spiro atoms. The second-order valence-corrected chi connectivity index (χ2v) is 5.92. The van der Waals surface area contributed by atoms with Crippen molar-refractivity contribution in [1.29, 1.82) is 0 Å². The van der Waals surface area contributed by atoms with Gasteiger partial charge >= 0.3 is 5.97 Å². The SMILES string of the molecule is CC(C)c1cc(NCC2CCC(C(=O)O)CC2)ncn1. The van der Waals surface area contributed by atoms with Gasteiger partial charge in [-0.1, -0.05) is 13.8 Å². The molecule has 1 aromatic heterocycles. The van der Waals surface area contributed by atoms with Gasteiger partial charge in [-0.15, -0.1) is 0 Å². The summed E-state index contributed by atoms with van der Waals surface area (Å²) in [5.41, 5.74) is 1.04. The topological polar surface area (TPSA) is 75.1 Å². The van der Waals surface area contributed by atoms with Crippen LogP contribution in [0.25, 0.3) is 0 Å². The van der Waals surface area contributed by atoms with E-state index in [0.717, 1.165) is 43.7 Å². The zero-order valence-corrected chi connectivity index (χ0v) is 12.2. The Hall–Kier alpha value is -1.65. The molecule has 0 bridgehead atoms. The van der Waals surface area contributed by atoms with Crippen molar-refractivity contribution in [3.63, 3.8) is 0 Å². The molecule has 2 rings (SSSR count). The molecule has 0 amide bonds. The highest BCUT2D eigenvalue weighted by Gasteiger charge is 2.25. The van der Waals surface area contributed by atoms with E-state index in [4.69, 9.17) is 5.11 Å². The Morgan fingerprint density at radius 3 is 2.65 bits per heavy atom. The third kappa shape index (κ3) is 3.92. The van der Waals surface area contributed by atoms with Crippen LogP contribution in [0.3, 0.4) is 0 Å². The molecule has 1 aliphatic carbocycles. The van der Waals surface area contributed by atoms with E-state index < -0.39 is 5.97 Å². The van der Waals surface area contributed by atoms with Crippen LogP contribution in [0, 0.1) is 11.8 Å². The van der Waals surface area contributed by atoms with Crippen LogP contribution in [0.5, 0.6) is 0 Å². The largest absolute Gasteiger partial charge is 0.481 e. The van der Waals surface area contributed by atoms with Crippen molar-refractivity contribution in [1.82, 2.24) is 9.97 Å². The molecule has 0 atom stereocenters. The van der Waals surface area contributed by atoms with Crippen LogP contribution in [0.1, 0.15) is 51.1 Å². The lowest BCUT2D eigenvalue weighted by atomic mass is 9.82. The van der Waals surface area contributed by atoms with Crippen molar-refractivity contribution in [3.05, 3.63) is 18.1 Å². The summed E-state index contributed by atoms with van der Waals surface area (Å²) < 4.78 is 0. The number of aromatic nitrogens is 2. The minimum absolute atomic E-state index is 0.141. The third-order valence-corrected chi connectivity index (χ3v) is 4.05. The van der Waals surface area contributed by atoms with Crippen molar-refractivity contribution in [3.8, 4) is 0 Å². The minimum atomic E-state index is -0.645. The van der Waals surface area contributed by atoms with Gasteiger partial charge in [0.25, 0.3) is 0 Å². The van der Waals surface area contributed by atoms with Crippen LogP contribution in [0.15, 0.2) is 12.4 Å². The molecule has 0 aromatic carbocycles. The maximum atomic E-state index is 10.9. The Balaban J connectivity index is 1.81. The molecule has 110 valence electrons. The lowest BCUT2D eigenvalue weighted by molar-refractivity contribution is -0.143. The number of nitrogens with one attached hydrogen (secondary N) is 1. The molecule has 0 aliphatic heterocycles. The number of anilines is 1. The predicted octanol–water partition coefficient (Wildman–Crippen LogP) is 2.90. The van der Waals surface area contributed by atoms with Crippen molar-refractivity contribution in [2.24, 2.45) is 11.8 Å². The normalized spacial score (nSPS) is 22.8. The molecule has 5 heteroatoms. The smallest absolute Gasteiger partial charge is 0.306 e. The lowest BCUT2D eigenvalue weighted by Crippen LogP contribution is -2.25. The van der Waals surface area contributed by atoms with Gasteiger partial charge in [0.2, 0.25) is 0 Å². The first-order valence-corrected chi connectivity index (χ1v) is 7.35. The number of carboxylic acids is 1. The van der Waals surface area contributed by atoms with Gasteiger partial charge in [0.05, 0.1) is 5.92 Å². The fourth-order valence-corrected chi connectivity index (χ4v) is 2.65. The first-order chi connectivity index (χ1) is 9.56. The predicted molar refractivity (Wildman–Crippen MR) is 77.7 cm³/mol. The van der Waals surface area contributed by atoms with Crippen molar-refractivity contribution < 1.29 is 9.90 Å². The fourth-order valence-electron chi connectivity index (χ4n) is 2.65. The highest BCUT2D eigenvalue weighted by atomic mass is 16.4. The Morgan fingerprint density at radius 2 is 2.05 bits per heavy atom. The number of rotatable bonds is 5. The van der Waals surface area contributed by atoms with Gasteiger partial charge in [0.1, 0.15) is 12.1 Å². The highest BCUT2D eigenvalue weighted by Crippen LogP contribution is 2.29. The molecular weight excluding hydrogens is 254 g/mol. The second-order valence-electron chi connectivity index (χ2n) is 5.92. The van der Waals surface area contributed by atoms with Crippen LogP contribution in [0.4, 0.5) is 5.82 Å². The van der Waals surface area contributed by atoms with Gasteiger partial charge in [0, 0.05) is 18.3 Å². The number of aliphatic carboxylic acids is 1. The molecule has 20 heavy (non-hydrogen) atoms. The van der Waals surface area contributed by atoms with E-state index in [1.807, 2.05) is 6.07 Å². The molecule has 1 fully saturated rings. The van der Waals surface area contributed by atoms with E-state index >= 15 is 0 Å². The molecule has 0 saturated heterocycles. The van der Waals surface area contributed by atoms with Crippen LogP contribution in [0.2, 0.25) is 0 Å². The first kappa shape index (κ1) is 14.8. The zero-order chi connectivity index (χ0) is 14.5. The van der Waals surface area contributed by atoms with Crippen LogP contribution in [-0.4, -0.2) is 27.6 Å². The summed E-state index contributed by atoms with van der Waals surface area (Å²) in [4.78, 5) is 19.4. The first-order valence-electron chi connectivity index (χ1n) is 7.35. The monoisotopic (exact) mass is 277 g/mol. The van der Waals surface area contributed by atoms with Crippen molar-refractivity contribution >= 4 is 11.8 Å². The molecule has 0 radical (unpaired) electrons. The van der Waals surface area contributed by atoms with Gasteiger partial charge < -0.3 is 10.4 Å². The van der Waals surface area contributed by atoms with E-state index in [2.05, 4.69) is 29.1 Å². The standard InChI is InChI=1S/C15H23N3O2/c1-10(2)13-7-14(18-9-17-13)16-8-11-3-5-12(6-4-11)15(19)20/h7,9-12H,3-6,8H2,1-2H3,(H,19,20)(H,16,17,18). The Kier molecular flexibility index (Phi) is 4.93. The quantitative estimate of drug-likeness (QED) is 0.865. The van der Waals surface area contributed by atoms with Crippen molar-refractivity contribution in [2.75, 3.05) is 11.9 Å². The minimum Gasteiger partial charge on any atom is -0.481 e. The number of carbonyl (C=O) groups is 1. The van der Waals surface area contributed by atoms with E-state index in [1.165, 1.54) is 0 Å². The molecule has 5 nitrogen and oxygen atoms in total. The van der Waals surface area contributed by atoms with E-state index in [1.54, 1.807) is 6.33 Å². The summed E-state index contributed by atoms with van der Waals surface area (Å²) in [6.45, 7) is 5.08. The number of carboxylic acid groups (broad SMARTS) is 1. The molecular formula is C15H23N3O2. The number of hydrogen-bond acceptors (Lipinski definition) is 4. The van der Waals surface area contributed by atoms with Crippen molar-refractivity contribution in [2.45, 2.75) is 45.4 Å². The molecule has 1 aromatic rings. The van der Waals surface area contributed by atoms with Gasteiger partial charge in [-0.2, -0.15) is 0 Å². The fraction of sp³-hybridized carbons (Fsp3) is 0.667. The second kappa shape index (κ2) is 6.68. The summed E-state index contributed by atoms with van der Waals surface area (Å²) in [7, 11) is 0. The average molecular weight is 277 g/mol. The number of nitrogens with zero attached hydrogens (tertiary/aromatic N) is 2. The van der Waals surface area contributed by atoms with Gasteiger partial charge in [-0.25, -0.2) is 9.97 Å². The summed E-state index contributed by atoms with van der Waals surface area (Å²) in [5.74, 6) is 1.02. The number of hydrogen-bond donors (Lipinski definition) is 2. The average Bonchev–Trinajstić information content (AvgIpc) is 2.46. The van der Waals surface area contributed by atoms with Gasteiger partial charge in [-0.05, 0) is 37.5 Å². The van der Waals surface area contributed by atoms with Gasteiger partial charge in [-0.3, -0.25) is 4.79 Å². The van der Waals surface area contributed by atoms with E-state index in [-0.39, 0.29) is 5.92 Å². The summed E-state index contributed by atoms with van der Waals surface area (Å²) >= 11 is 0. The van der Waals surface area contributed by atoms with Crippen LogP contribution < -0.4 is 5.32 Å². The maximum absolute atomic E-state index is 10.9. The lowest BCUT2D eigenvalue weighted by Gasteiger charge is -2.26. The highest BCUT2D eigenvalue weighted by molar-refractivity contribution is 5.70. The summed E-state index contributed by atoms with van der Waals surface area (Å²) in [5, 5.41) is 12.3. The Morgan fingerprint density at radius 1 is 1.35 bits per heavy atom. The van der Waals surface area contributed by atoms with Crippen LogP contribution >= 0.6 is 0 Å². The summed E-state index contributed by atoms with van der Waals surface area (Å²) in [6.07, 6.45) is 5.14. The zero-order valence-electron chi connectivity index (χ0n) is 12.2. The van der Waals surface area contributed by atoms with E-state index in [0.29, 0.717) is 11.8 Å². The van der Waals surface area contributed by atoms with Gasteiger partial charge in [0.15, 0.2) is 0 Å². The maximum Gasteiger partial charge on any atom is 0.306 e. The molecule has 1 heterocycles. The molecule has 0 unspecified atom stereocenters. The van der Waals surface area contributed by atoms with E-state index in [9.17, 15) is 4.79 Å². The Labute approximate surface area is 119 Å². The Bertz CT molecular complexity index is 454. The molecule has 1 aliphatic rings. The third-order valence-electron chi connectivity index (χ3n) is 4.05.